The molecule has 3 aromatic rings. The van der Waals surface area contributed by atoms with E-state index in [4.69, 9.17) is 14.8 Å². The van der Waals surface area contributed by atoms with Crippen LogP contribution in [0.3, 0.4) is 0 Å². The van der Waals surface area contributed by atoms with Crippen LogP contribution in [0.1, 0.15) is 25.3 Å². The van der Waals surface area contributed by atoms with Crippen LogP contribution >= 0.6 is 12.4 Å². The highest BCUT2D eigenvalue weighted by Gasteiger charge is 2.20. The lowest BCUT2D eigenvalue weighted by atomic mass is 10.0. The quantitative estimate of drug-likeness (QED) is 0.495. The molecule has 5 nitrogen and oxygen atoms in total. The van der Waals surface area contributed by atoms with Crippen LogP contribution in [0.2, 0.25) is 0 Å². The molecule has 0 saturated carbocycles. The monoisotopic (exact) mass is 455 g/mol. The Morgan fingerprint density at radius 1 is 1.00 bits per heavy atom. The third-order valence-electron chi connectivity index (χ3n) is 6.27. The van der Waals surface area contributed by atoms with Gasteiger partial charge in [-0.1, -0.05) is 31.2 Å². The van der Waals surface area contributed by atoms with E-state index in [2.05, 4.69) is 59.2 Å². The van der Waals surface area contributed by atoms with Gasteiger partial charge >= 0.3 is 0 Å². The Morgan fingerprint density at radius 3 is 2.50 bits per heavy atom. The maximum absolute atomic E-state index is 9.14. The van der Waals surface area contributed by atoms with Gasteiger partial charge in [-0.2, -0.15) is 0 Å². The zero-order chi connectivity index (χ0) is 21.6. The molecular weight excluding hydrogens is 422 g/mol. The standard InChI is InChI=1S/C26H33N3O2.ClH/c1-3-28-13-15-29(16-14-28)26-23-10-5-4-8-20(23)19-24(27-26)21-11-12-25(31-2)22(18-21)9-6-7-17-30;/h4-5,8,10-12,18-19,30H,3,6-7,9,13-17H2,1-2H3;1H. The lowest BCUT2D eigenvalue weighted by Gasteiger charge is -2.35. The number of halogens is 1. The molecule has 6 heteroatoms. The SMILES string of the molecule is CCN1CCN(c2nc(-c3ccc(OC)c(CCCCO)c3)cc3ccccc23)CC1.Cl. The van der Waals surface area contributed by atoms with Crippen molar-refractivity contribution >= 4 is 29.0 Å². The molecule has 1 N–H and O–H groups in total. The van der Waals surface area contributed by atoms with Crippen LogP contribution in [0, 0.1) is 0 Å². The fraction of sp³-hybridized carbons (Fsp3) is 0.423. The average molecular weight is 456 g/mol. The largest absolute Gasteiger partial charge is 0.496 e. The number of hydrogen-bond donors (Lipinski definition) is 1. The van der Waals surface area contributed by atoms with E-state index in [1.165, 1.54) is 16.3 Å². The predicted molar refractivity (Wildman–Crippen MR) is 135 cm³/mol. The number of rotatable bonds is 8. The van der Waals surface area contributed by atoms with Crippen LogP contribution in [0.25, 0.3) is 22.0 Å². The number of methoxy groups -OCH3 is 1. The number of anilines is 1. The summed E-state index contributed by atoms with van der Waals surface area (Å²) >= 11 is 0. The van der Waals surface area contributed by atoms with Crippen molar-refractivity contribution < 1.29 is 9.84 Å². The molecule has 2 heterocycles. The van der Waals surface area contributed by atoms with Crippen molar-refractivity contribution in [2.75, 3.05) is 51.3 Å². The second kappa shape index (κ2) is 11.5. The Morgan fingerprint density at radius 2 is 1.78 bits per heavy atom. The summed E-state index contributed by atoms with van der Waals surface area (Å²) in [6, 6.07) is 17.1. The van der Waals surface area contributed by atoms with E-state index in [1.807, 2.05) is 6.07 Å². The Labute approximate surface area is 197 Å². The van der Waals surface area contributed by atoms with E-state index < -0.39 is 0 Å². The molecule has 1 aromatic heterocycles. The maximum atomic E-state index is 9.14. The summed E-state index contributed by atoms with van der Waals surface area (Å²) in [6.45, 7) is 7.72. The third-order valence-corrected chi connectivity index (χ3v) is 6.27. The Bertz CT molecular complexity index is 1020. The minimum atomic E-state index is 0. The molecule has 0 bridgehead atoms. The van der Waals surface area contributed by atoms with Crippen LogP contribution in [0.5, 0.6) is 5.75 Å². The number of unbranched alkanes of at least 4 members (excludes halogenated alkanes) is 1. The van der Waals surface area contributed by atoms with Crippen molar-refractivity contribution in [1.82, 2.24) is 9.88 Å². The number of aromatic nitrogens is 1. The number of nitrogens with zero attached hydrogens (tertiary/aromatic N) is 3. The fourth-order valence-corrected chi connectivity index (χ4v) is 4.41. The topological polar surface area (TPSA) is 48.8 Å². The van der Waals surface area contributed by atoms with Crippen LogP contribution < -0.4 is 9.64 Å². The second-order valence-electron chi connectivity index (χ2n) is 8.18. The van der Waals surface area contributed by atoms with Crippen molar-refractivity contribution in [3.05, 3.63) is 54.1 Å². The molecule has 1 aliphatic rings. The number of pyridine rings is 1. The van der Waals surface area contributed by atoms with Gasteiger partial charge in [-0.05, 0) is 61.0 Å². The molecule has 172 valence electrons. The minimum absolute atomic E-state index is 0. The molecule has 1 saturated heterocycles. The highest BCUT2D eigenvalue weighted by atomic mass is 35.5. The molecule has 4 rings (SSSR count). The Hall–Kier alpha value is -2.34. The highest BCUT2D eigenvalue weighted by molar-refractivity contribution is 5.95. The van der Waals surface area contributed by atoms with Gasteiger partial charge in [-0.25, -0.2) is 4.98 Å². The number of benzene rings is 2. The van der Waals surface area contributed by atoms with Crippen molar-refractivity contribution in [1.29, 1.82) is 0 Å². The summed E-state index contributed by atoms with van der Waals surface area (Å²) in [4.78, 5) is 10.1. The highest BCUT2D eigenvalue weighted by Crippen LogP contribution is 2.33. The van der Waals surface area contributed by atoms with Gasteiger partial charge in [0.2, 0.25) is 0 Å². The second-order valence-corrected chi connectivity index (χ2v) is 8.18. The zero-order valence-electron chi connectivity index (χ0n) is 19.1. The van der Waals surface area contributed by atoms with Crippen LogP contribution in [0.15, 0.2) is 48.5 Å². The smallest absolute Gasteiger partial charge is 0.137 e. The van der Waals surface area contributed by atoms with Crippen LogP contribution in [-0.4, -0.2) is 61.4 Å². The van der Waals surface area contributed by atoms with Crippen molar-refractivity contribution in [2.45, 2.75) is 26.2 Å². The number of piperazine rings is 1. The summed E-state index contributed by atoms with van der Waals surface area (Å²) in [5, 5.41) is 11.6. The van der Waals surface area contributed by atoms with Crippen LogP contribution in [0.4, 0.5) is 5.82 Å². The molecule has 1 fully saturated rings. The van der Waals surface area contributed by atoms with Gasteiger partial charge in [0.05, 0.1) is 12.8 Å². The van der Waals surface area contributed by atoms with E-state index in [-0.39, 0.29) is 19.0 Å². The first-order chi connectivity index (χ1) is 15.2. The lowest BCUT2D eigenvalue weighted by Crippen LogP contribution is -2.46. The van der Waals surface area contributed by atoms with E-state index in [1.54, 1.807) is 7.11 Å². The van der Waals surface area contributed by atoms with E-state index in [9.17, 15) is 0 Å². The summed E-state index contributed by atoms with van der Waals surface area (Å²) in [7, 11) is 1.72. The third kappa shape index (κ3) is 5.34. The van der Waals surface area contributed by atoms with E-state index in [0.717, 1.165) is 74.8 Å². The van der Waals surface area contributed by atoms with Gasteiger partial charge in [0.25, 0.3) is 0 Å². The molecule has 0 aliphatic carbocycles. The number of aryl methyl sites for hydroxylation is 1. The first kappa shape index (κ1) is 24.3. The van der Waals surface area contributed by atoms with Crippen molar-refractivity contribution in [2.24, 2.45) is 0 Å². The summed E-state index contributed by atoms with van der Waals surface area (Å²) in [6.07, 6.45) is 2.63. The van der Waals surface area contributed by atoms with Gasteiger partial charge in [0.15, 0.2) is 0 Å². The van der Waals surface area contributed by atoms with Gasteiger partial charge in [-0.15, -0.1) is 12.4 Å². The predicted octanol–water partition coefficient (Wildman–Crippen LogP) is 4.79. The number of likely N-dealkylation sites (N-methyl/N-ethyl adjacent to an activating group) is 1. The van der Waals surface area contributed by atoms with Gasteiger partial charge < -0.3 is 19.6 Å². The fourth-order valence-electron chi connectivity index (χ4n) is 4.41. The summed E-state index contributed by atoms with van der Waals surface area (Å²) in [5.74, 6) is 1.99. The number of aliphatic hydroxyl groups excluding tert-OH is 1. The molecule has 32 heavy (non-hydrogen) atoms. The molecular formula is C26H34ClN3O2. The first-order valence-corrected chi connectivity index (χ1v) is 11.4. The molecule has 1 aliphatic heterocycles. The number of fused-ring (bicyclic) bond motifs is 1. The summed E-state index contributed by atoms with van der Waals surface area (Å²) in [5.41, 5.74) is 3.28. The van der Waals surface area contributed by atoms with Gasteiger partial charge in [0, 0.05) is 43.7 Å². The number of aliphatic hydroxyl groups is 1. The Balaban J connectivity index is 0.00000289. The lowest BCUT2D eigenvalue weighted by molar-refractivity contribution is 0.271. The maximum Gasteiger partial charge on any atom is 0.137 e. The Kier molecular flexibility index (Phi) is 8.74. The molecule has 0 radical (unpaired) electrons. The molecule has 0 atom stereocenters. The first-order valence-electron chi connectivity index (χ1n) is 11.4. The van der Waals surface area contributed by atoms with E-state index >= 15 is 0 Å². The van der Waals surface area contributed by atoms with Crippen molar-refractivity contribution in [3.8, 4) is 17.0 Å². The van der Waals surface area contributed by atoms with Crippen LogP contribution in [-0.2, 0) is 6.42 Å². The normalized spacial score (nSPS) is 14.4. The molecule has 2 aromatic carbocycles. The molecule has 0 amide bonds. The number of hydrogen-bond acceptors (Lipinski definition) is 5. The van der Waals surface area contributed by atoms with Crippen molar-refractivity contribution in [3.63, 3.8) is 0 Å². The zero-order valence-corrected chi connectivity index (χ0v) is 19.9. The van der Waals surface area contributed by atoms with Gasteiger partial charge in [-0.3, -0.25) is 0 Å². The van der Waals surface area contributed by atoms with E-state index in [0.29, 0.717) is 0 Å². The summed E-state index contributed by atoms with van der Waals surface area (Å²) < 4.78 is 5.58. The average Bonchev–Trinajstić information content (AvgIpc) is 2.83. The minimum Gasteiger partial charge on any atom is -0.496 e. The molecule has 0 unspecified atom stereocenters. The van der Waals surface area contributed by atoms with Gasteiger partial charge in [0.1, 0.15) is 11.6 Å². The molecule has 0 spiro atoms. The number of ether oxygens (including phenoxy) is 1.